The highest BCUT2D eigenvalue weighted by atomic mass is 19.1. The van der Waals surface area contributed by atoms with E-state index in [-0.39, 0.29) is 0 Å². The molecule has 0 unspecified atom stereocenters. The summed E-state index contributed by atoms with van der Waals surface area (Å²) in [7, 11) is 0. The van der Waals surface area contributed by atoms with Crippen molar-refractivity contribution in [1.82, 2.24) is 0 Å². The molecule has 4 rings (SSSR count). The van der Waals surface area contributed by atoms with Crippen LogP contribution in [0, 0.1) is 0 Å². The van der Waals surface area contributed by atoms with Gasteiger partial charge in [0.1, 0.15) is 6.67 Å². The van der Waals surface area contributed by atoms with Crippen LogP contribution in [0.25, 0.3) is 32.3 Å². The van der Waals surface area contributed by atoms with Crippen molar-refractivity contribution in [1.29, 1.82) is 0 Å². The molecule has 18 heavy (non-hydrogen) atoms. The average Bonchev–Trinajstić information content (AvgIpc) is 2.44. The van der Waals surface area contributed by atoms with Crippen LogP contribution in [0.2, 0.25) is 0 Å². The highest BCUT2D eigenvalue weighted by Crippen LogP contribution is 2.35. The van der Waals surface area contributed by atoms with Gasteiger partial charge in [0, 0.05) is 0 Å². The molecule has 0 aromatic heterocycles. The van der Waals surface area contributed by atoms with E-state index in [0.29, 0.717) is 0 Å². The SMILES string of the molecule is FCc1ccc2ccc3cccc4ccc1c2c34. The first-order valence-corrected chi connectivity index (χ1v) is 6.10. The second-order valence-electron chi connectivity index (χ2n) is 4.71. The van der Waals surface area contributed by atoms with Crippen molar-refractivity contribution in [3.05, 3.63) is 60.2 Å². The van der Waals surface area contributed by atoms with Crippen molar-refractivity contribution in [2.75, 3.05) is 0 Å². The zero-order chi connectivity index (χ0) is 12.1. The number of hydrogen-bond acceptors (Lipinski definition) is 0. The van der Waals surface area contributed by atoms with Gasteiger partial charge in [-0.25, -0.2) is 4.39 Å². The van der Waals surface area contributed by atoms with E-state index in [1.165, 1.54) is 26.9 Å². The van der Waals surface area contributed by atoms with Crippen LogP contribution in [0.3, 0.4) is 0 Å². The summed E-state index contributed by atoms with van der Waals surface area (Å²) in [4.78, 5) is 0. The van der Waals surface area contributed by atoms with Crippen LogP contribution < -0.4 is 0 Å². The fraction of sp³-hybridized carbons (Fsp3) is 0.0588. The maximum Gasteiger partial charge on any atom is 0.115 e. The summed E-state index contributed by atoms with van der Waals surface area (Å²) in [6.45, 7) is -0.409. The largest absolute Gasteiger partial charge is 0.246 e. The average molecular weight is 234 g/mol. The minimum Gasteiger partial charge on any atom is -0.246 e. The smallest absolute Gasteiger partial charge is 0.115 e. The summed E-state index contributed by atoms with van der Waals surface area (Å²) in [5.74, 6) is 0. The molecule has 0 atom stereocenters. The van der Waals surface area contributed by atoms with Gasteiger partial charge in [-0.3, -0.25) is 0 Å². The van der Waals surface area contributed by atoms with Crippen LogP contribution in [0.1, 0.15) is 5.56 Å². The van der Waals surface area contributed by atoms with Crippen molar-refractivity contribution >= 4 is 32.3 Å². The molecule has 0 spiro atoms. The molecule has 0 amide bonds. The Balaban J connectivity index is 2.40. The summed E-state index contributed by atoms with van der Waals surface area (Å²) in [6, 6.07) is 18.6. The Bertz CT molecular complexity index is 845. The lowest BCUT2D eigenvalue weighted by molar-refractivity contribution is 0.488. The maximum atomic E-state index is 13.1. The molecule has 0 saturated carbocycles. The number of alkyl halides is 1. The van der Waals surface area contributed by atoms with Crippen LogP contribution in [0.15, 0.2) is 54.6 Å². The third kappa shape index (κ3) is 1.14. The predicted octanol–water partition coefficient (Wildman–Crippen LogP) is 5.05. The Hall–Kier alpha value is -2.15. The summed E-state index contributed by atoms with van der Waals surface area (Å²) in [5, 5.41) is 7.12. The first-order valence-electron chi connectivity index (χ1n) is 6.10. The lowest BCUT2D eigenvalue weighted by Crippen LogP contribution is -1.87. The quantitative estimate of drug-likeness (QED) is 0.404. The van der Waals surface area contributed by atoms with Gasteiger partial charge < -0.3 is 0 Å². The molecular weight excluding hydrogens is 223 g/mol. The van der Waals surface area contributed by atoms with Crippen molar-refractivity contribution in [3.8, 4) is 0 Å². The van der Waals surface area contributed by atoms with Gasteiger partial charge in [-0.2, -0.15) is 0 Å². The van der Waals surface area contributed by atoms with Gasteiger partial charge in [0.15, 0.2) is 0 Å². The second-order valence-corrected chi connectivity index (χ2v) is 4.71. The molecule has 0 aliphatic heterocycles. The van der Waals surface area contributed by atoms with Gasteiger partial charge in [0.2, 0.25) is 0 Å². The lowest BCUT2D eigenvalue weighted by Gasteiger charge is -2.12. The Morgan fingerprint density at radius 1 is 0.667 bits per heavy atom. The van der Waals surface area contributed by atoms with E-state index in [4.69, 9.17) is 0 Å². The van der Waals surface area contributed by atoms with Gasteiger partial charge >= 0.3 is 0 Å². The van der Waals surface area contributed by atoms with Crippen LogP contribution in [0.5, 0.6) is 0 Å². The summed E-state index contributed by atoms with van der Waals surface area (Å²) in [6.07, 6.45) is 0. The van der Waals surface area contributed by atoms with E-state index < -0.39 is 6.67 Å². The zero-order valence-electron chi connectivity index (χ0n) is 9.78. The topological polar surface area (TPSA) is 0 Å². The fourth-order valence-corrected chi connectivity index (χ4v) is 2.91. The van der Waals surface area contributed by atoms with Crippen LogP contribution >= 0.6 is 0 Å². The highest BCUT2D eigenvalue weighted by Gasteiger charge is 2.09. The lowest BCUT2D eigenvalue weighted by atomic mass is 9.92. The summed E-state index contributed by atoms with van der Waals surface area (Å²) in [5.41, 5.74) is 0.778. The number of hydrogen-bond donors (Lipinski definition) is 0. The van der Waals surface area contributed by atoms with Gasteiger partial charge in [-0.15, -0.1) is 0 Å². The maximum absolute atomic E-state index is 13.1. The standard InChI is InChI=1S/C17H11F/c18-10-14-7-6-13-5-4-11-2-1-3-12-8-9-15(14)17(13)16(11)12/h1-9H,10H2. The monoisotopic (exact) mass is 234 g/mol. The Morgan fingerprint density at radius 2 is 1.28 bits per heavy atom. The number of halogens is 1. The van der Waals surface area contributed by atoms with Crippen molar-refractivity contribution < 1.29 is 4.39 Å². The number of benzene rings is 4. The van der Waals surface area contributed by atoms with Gasteiger partial charge in [0.05, 0.1) is 0 Å². The third-order valence-electron chi connectivity index (χ3n) is 3.76. The van der Waals surface area contributed by atoms with Crippen molar-refractivity contribution in [3.63, 3.8) is 0 Å². The van der Waals surface area contributed by atoms with Crippen molar-refractivity contribution in [2.45, 2.75) is 6.67 Å². The minimum absolute atomic E-state index is 0.409. The van der Waals surface area contributed by atoms with E-state index in [0.717, 1.165) is 10.9 Å². The van der Waals surface area contributed by atoms with Crippen LogP contribution in [0.4, 0.5) is 4.39 Å². The minimum atomic E-state index is -0.409. The Labute approximate surface area is 104 Å². The molecule has 4 aromatic carbocycles. The molecule has 0 aliphatic carbocycles. The molecule has 1 heteroatoms. The molecule has 0 aliphatic rings. The third-order valence-corrected chi connectivity index (χ3v) is 3.76. The zero-order valence-corrected chi connectivity index (χ0v) is 9.78. The predicted molar refractivity (Wildman–Crippen MR) is 75.0 cm³/mol. The molecule has 0 N–H and O–H groups in total. The van der Waals surface area contributed by atoms with Gasteiger partial charge in [0.25, 0.3) is 0 Å². The van der Waals surface area contributed by atoms with Gasteiger partial charge in [-0.05, 0) is 37.9 Å². The molecule has 0 radical (unpaired) electrons. The fourth-order valence-electron chi connectivity index (χ4n) is 2.91. The molecule has 0 saturated heterocycles. The normalized spacial score (nSPS) is 11.8. The molecule has 0 nitrogen and oxygen atoms in total. The molecule has 0 bridgehead atoms. The second kappa shape index (κ2) is 3.42. The molecule has 0 heterocycles. The molecule has 86 valence electrons. The van der Waals surface area contributed by atoms with Crippen molar-refractivity contribution in [2.24, 2.45) is 0 Å². The van der Waals surface area contributed by atoms with E-state index in [1.807, 2.05) is 18.2 Å². The van der Waals surface area contributed by atoms with E-state index in [1.54, 1.807) is 0 Å². The summed E-state index contributed by atoms with van der Waals surface area (Å²) >= 11 is 0. The highest BCUT2D eigenvalue weighted by molar-refractivity contribution is 6.23. The van der Waals surface area contributed by atoms with Gasteiger partial charge in [-0.1, -0.05) is 54.6 Å². The van der Waals surface area contributed by atoms with E-state index in [2.05, 4.69) is 36.4 Å². The Kier molecular flexibility index (Phi) is 1.87. The molecular formula is C17H11F. The first-order chi connectivity index (χ1) is 8.88. The van der Waals surface area contributed by atoms with E-state index in [9.17, 15) is 4.39 Å². The molecule has 4 aromatic rings. The van der Waals surface area contributed by atoms with E-state index >= 15 is 0 Å². The first kappa shape index (κ1) is 9.84. The van der Waals surface area contributed by atoms with Crippen LogP contribution in [-0.2, 0) is 6.67 Å². The van der Waals surface area contributed by atoms with Crippen LogP contribution in [-0.4, -0.2) is 0 Å². The summed E-state index contributed by atoms with van der Waals surface area (Å²) < 4.78 is 13.1. The number of rotatable bonds is 1. The Morgan fingerprint density at radius 3 is 2.00 bits per heavy atom. The molecule has 0 fully saturated rings.